The molecule has 0 radical (unpaired) electrons. The van der Waals surface area contributed by atoms with E-state index in [2.05, 4.69) is 0 Å². The van der Waals surface area contributed by atoms with Crippen molar-refractivity contribution in [1.29, 1.82) is 0 Å². The van der Waals surface area contributed by atoms with E-state index in [9.17, 15) is 13.2 Å². The first-order chi connectivity index (χ1) is 10.5. The maximum Gasteiger partial charge on any atom is 0.237 e. The van der Waals surface area contributed by atoms with Gasteiger partial charge in [-0.25, -0.2) is 8.42 Å². The van der Waals surface area contributed by atoms with Crippen molar-refractivity contribution in [2.45, 2.75) is 31.9 Å². The standard InChI is InChI=1S/C16H23NO4S/c1-2-21-15-9-5-4-8-14(15)12-22(19,20)13-16(18)17-10-6-3-7-11-17/h4-5,8-9H,2-3,6-7,10-13H2,1H3. The molecule has 1 aromatic carbocycles. The molecule has 0 bridgehead atoms. The molecule has 0 saturated carbocycles. The van der Waals surface area contributed by atoms with Crippen LogP contribution in [0.3, 0.4) is 0 Å². The Morgan fingerprint density at radius 2 is 1.86 bits per heavy atom. The summed E-state index contributed by atoms with van der Waals surface area (Å²) in [5, 5.41) is 0. The summed E-state index contributed by atoms with van der Waals surface area (Å²) in [6, 6.07) is 7.06. The Labute approximate surface area is 132 Å². The minimum atomic E-state index is -3.50. The number of ether oxygens (including phenoxy) is 1. The highest BCUT2D eigenvalue weighted by molar-refractivity contribution is 7.91. The number of hydrogen-bond donors (Lipinski definition) is 0. The lowest BCUT2D eigenvalue weighted by Gasteiger charge is -2.26. The molecular formula is C16H23NO4S. The first-order valence-electron chi connectivity index (χ1n) is 7.71. The van der Waals surface area contributed by atoms with Crippen LogP contribution in [0.4, 0.5) is 0 Å². The molecule has 1 saturated heterocycles. The zero-order chi connectivity index (χ0) is 16.0. The van der Waals surface area contributed by atoms with Crippen molar-refractivity contribution in [1.82, 2.24) is 4.90 Å². The molecule has 22 heavy (non-hydrogen) atoms. The zero-order valence-electron chi connectivity index (χ0n) is 13.0. The van der Waals surface area contributed by atoms with E-state index >= 15 is 0 Å². The van der Waals surface area contributed by atoms with Gasteiger partial charge in [-0.05, 0) is 32.3 Å². The minimum Gasteiger partial charge on any atom is -0.494 e. The second kappa shape index (κ2) is 7.63. The van der Waals surface area contributed by atoms with E-state index in [1.54, 1.807) is 29.2 Å². The van der Waals surface area contributed by atoms with Crippen molar-refractivity contribution >= 4 is 15.7 Å². The normalized spacial score (nSPS) is 15.6. The van der Waals surface area contributed by atoms with E-state index in [4.69, 9.17) is 4.74 Å². The van der Waals surface area contributed by atoms with Crippen LogP contribution in [0.25, 0.3) is 0 Å². The second-order valence-corrected chi connectivity index (χ2v) is 7.58. The van der Waals surface area contributed by atoms with Gasteiger partial charge in [-0.2, -0.15) is 0 Å². The second-order valence-electron chi connectivity index (χ2n) is 5.51. The van der Waals surface area contributed by atoms with Crippen LogP contribution in [0, 0.1) is 0 Å². The summed E-state index contributed by atoms with van der Waals surface area (Å²) < 4.78 is 30.1. The number of benzene rings is 1. The summed E-state index contributed by atoms with van der Waals surface area (Å²) >= 11 is 0. The molecule has 1 aliphatic heterocycles. The highest BCUT2D eigenvalue weighted by atomic mass is 32.2. The van der Waals surface area contributed by atoms with Crippen LogP contribution in [0.5, 0.6) is 5.75 Å². The lowest BCUT2D eigenvalue weighted by molar-refractivity contribution is -0.129. The molecule has 0 aromatic heterocycles. The molecule has 0 N–H and O–H groups in total. The van der Waals surface area contributed by atoms with E-state index in [-0.39, 0.29) is 11.7 Å². The Kier molecular flexibility index (Phi) is 5.83. The van der Waals surface area contributed by atoms with Crippen molar-refractivity contribution in [3.63, 3.8) is 0 Å². The fraction of sp³-hybridized carbons (Fsp3) is 0.562. The van der Waals surface area contributed by atoms with Crippen LogP contribution >= 0.6 is 0 Å². The first kappa shape index (κ1) is 16.8. The highest BCUT2D eigenvalue weighted by Crippen LogP contribution is 2.21. The van der Waals surface area contributed by atoms with Gasteiger partial charge in [0.1, 0.15) is 11.5 Å². The number of para-hydroxylation sites is 1. The molecule has 2 rings (SSSR count). The summed E-state index contributed by atoms with van der Waals surface area (Å²) in [5.41, 5.74) is 0.607. The van der Waals surface area contributed by atoms with Crippen LogP contribution in [0.2, 0.25) is 0 Å². The summed E-state index contributed by atoms with van der Waals surface area (Å²) in [5.74, 6) is -0.302. The molecule has 0 spiro atoms. The third kappa shape index (κ3) is 4.73. The summed E-state index contributed by atoms with van der Waals surface area (Å²) in [7, 11) is -3.50. The number of carbonyl (C=O) groups excluding carboxylic acids is 1. The maximum atomic E-state index is 12.3. The van der Waals surface area contributed by atoms with Gasteiger partial charge in [0.25, 0.3) is 0 Å². The molecule has 6 heteroatoms. The predicted molar refractivity (Wildman–Crippen MR) is 85.5 cm³/mol. The zero-order valence-corrected chi connectivity index (χ0v) is 13.8. The topological polar surface area (TPSA) is 63.7 Å². The van der Waals surface area contributed by atoms with E-state index in [1.807, 2.05) is 6.92 Å². The van der Waals surface area contributed by atoms with Crippen molar-refractivity contribution in [3.05, 3.63) is 29.8 Å². The van der Waals surface area contributed by atoms with Gasteiger partial charge < -0.3 is 9.64 Å². The molecule has 1 amide bonds. The third-order valence-corrected chi connectivity index (χ3v) is 5.14. The average Bonchev–Trinajstić information content (AvgIpc) is 2.49. The van der Waals surface area contributed by atoms with Gasteiger partial charge in [0, 0.05) is 18.7 Å². The Balaban J connectivity index is 2.03. The number of hydrogen-bond acceptors (Lipinski definition) is 4. The van der Waals surface area contributed by atoms with Gasteiger partial charge in [-0.1, -0.05) is 18.2 Å². The fourth-order valence-electron chi connectivity index (χ4n) is 2.63. The molecule has 1 fully saturated rings. The number of likely N-dealkylation sites (tertiary alicyclic amines) is 1. The molecule has 0 unspecified atom stereocenters. The van der Waals surface area contributed by atoms with Gasteiger partial charge in [-0.15, -0.1) is 0 Å². The molecule has 5 nitrogen and oxygen atoms in total. The van der Waals surface area contributed by atoms with Gasteiger partial charge in [-0.3, -0.25) is 4.79 Å². The van der Waals surface area contributed by atoms with Gasteiger partial charge in [0.15, 0.2) is 9.84 Å². The average molecular weight is 325 g/mol. The van der Waals surface area contributed by atoms with Gasteiger partial charge in [0.2, 0.25) is 5.91 Å². The van der Waals surface area contributed by atoms with E-state index in [0.717, 1.165) is 19.3 Å². The molecule has 1 aromatic rings. The molecule has 0 atom stereocenters. The molecule has 122 valence electrons. The van der Waals surface area contributed by atoms with E-state index in [1.165, 1.54) is 0 Å². The van der Waals surface area contributed by atoms with Crippen molar-refractivity contribution in [3.8, 4) is 5.75 Å². The number of sulfone groups is 1. The van der Waals surface area contributed by atoms with Crippen LogP contribution in [-0.2, 0) is 20.4 Å². The van der Waals surface area contributed by atoms with Gasteiger partial charge >= 0.3 is 0 Å². The van der Waals surface area contributed by atoms with Crippen LogP contribution in [0.15, 0.2) is 24.3 Å². The molecule has 1 aliphatic rings. The first-order valence-corrected chi connectivity index (χ1v) is 9.53. The molecule has 1 heterocycles. The highest BCUT2D eigenvalue weighted by Gasteiger charge is 2.24. The minimum absolute atomic E-state index is 0.164. The number of carbonyl (C=O) groups is 1. The van der Waals surface area contributed by atoms with E-state index < -0.39 is 15.6 Å². The maximum absolute atomic E-state index is 12.3. The number of rotatable bonds is 6. The Morgan fingerprint density at radius 3 is 2.55 bits per heavy atom. The van der Waals surface area contributed by atoms with Crippen LogP contribution < -0.4 is 4.74 Å². The SMILES string of the molecule is CCOc1ccccc1CS(=O)(=O)CC(=O)N1CCCCC1. The Bertz CT molecular complexity index is 606. The smallest absolute Gasteiger partial charge is 0.237 e. The summed E-state index contributed by atoms with van der Waals surface area (Å²) in [4.78, 5) is 13.8. The largest absolute Gasteiger partial charge is 0.494 e. The Morgan fingerprint density at radius 1 is 1.18 bits per heavy atom. The lowest BCUT2D eigenvalue weighted by atomic mass is 10.1. The van der Waals surface area contributed by atoms with Crippen molar-refractivity contribution in [2.75, 3.05) is 25.4 Å². The number of amides is 1. The number of nitrogens with zero attached hydrogens (tertiary/aromatic N) is 1. The molecule has 0 aliphatic carbocycles. The fourth-order valence-corrected chi connectivity index (χ4v) is 4.00. The van der Waals surface area contributed by atoms with Crippen LogP contribution in [-0.4, -0.2) is 44.7 Å². The Hall–Kier alpha value is -1.56. The third-order valence-electron chi connectivity index (χ3n) is 3.70. The molecular weight excluding hydrogens is 302 g/mol. The lowest BCUT2D eigenvalue weighted by Crippen LogP contribution is -2.39. The quantitative estimate of drug-likeness (QED) is 0.802. The number of piperidine rings is 1. The summed E-state index contributed by atoms with van der Waals surface area (Å²) in [6.45, 7) is 3.67. The van der Waals surface area contributed by atoms with Crippen molar-refractivity contribution in [2.24, 2.45) is 0 Å². The van der Waals surface area contributed by atoms with E-state index in [0.29, 0.717) is 31.0 Å². The van der Waals surface area contributed by atoms with Gasteiger partial charge in [0.05, 0.1) is 12.4 Å². The summed E-state index contributed by atoms with van der Waals surface area (Å²) in [6.07, 6.45) is 3.02. The monoisotopic (exact) mass is 325 g/mol. The van der Waals surface area contributed by atoms with Crippen LogP contribution in [0.1, 0.15) is 31.7 Å². The van der Waals surface area contributed by atoms with Crippen molar-refractivity contribution < 1.29 is 17.9 Å². The predicted octanol–water partition coefficient (Wildman–Crippen LogP) is 2.01.